The molecule has 17 heavy (non-hydrogen) atoms. The molecule has 0 saturated carbocycles. The van der Waals surface area contributed by atoms with Crippen molar-refractivity contribution in [2.75, 3.05) is 25.4 Å². The number of nitrogens with zero attached hydrogens (tertiary/aromatic N) is 1. The van der Waals surface area contributed by atoms with E-state index < -0.39 is 0 Å². The molecule has 1 saturated heterocycles. The van der Waals surface area contributed by atoms with Crippen molar-refractivity contribution < 1.29 is 4.74 Å². The first-order valence-corrected chi connectivity index (χ1v) is 6.58. The normalized spacial score (nSPS) is 25.1. The van der Waals surface area contributed by atoms with Crippen LogP contribution in [0.5, 0.6) is 5.75 Å². The van der Waals surface area contributed by atoms with E-state index in [1.54, 1.807) is 0 Å². The minimum absolute atomic E-state index is 0.546. The van der Waals surface area contributed by atoms with Crippen LogP contribution in [0.25, 0.3) is 0 Å². The molecular weight excluding hydrogens is 212 g/mol. The predicted molar refractivity (Wildman–Crippen MR) is 69.3 cm³/mol. The molecule has 2 aliphatic heterocycles. The Morgan fingerprint density at radius 2 is 2.00 bits per heavy atom. The molecule has 3 rings (SSSR count). The number of fused-ring (bicyclic) bond motifs is 1. The van der Waals surface area contributed by atoms with Crippen molar-refractivity contribution in [3.05, 3.63) is 23.8 Å². The largest absolute Gasteiger partial charge is 0.492 e. The molecule has 92 valence electrons. The molecule has 0 aromatic heterocycles. The highest BCUT2D eigenvalue weighted by atomic mass is 16.5. The number of piperidine rings is 1. The van der Waals surface area contributed by atoms with E-state index in [1.165, 1.54) is 37.9 Å². The molecule has 2 aliphatic rings. The van der Waals surface area contributed by atoms with Gasteiger partial charge in [0.25, 0.3) is 0 Å². The van der Waals surface area contributed by atoms with Crippen LogP contribution in [0.1, 0.15) is 24.8 Å². The maximum atomic E-state index is 5.85. The SMILES string of the molecule is Nc1ccc2c(c1)CC(N1CCCCC1)CO2. The minimum atomic E-state index is 0.546. The number of benzene rings is 1. The summed E-state index contributed by atoms with van der Waals surface area (Å²) < 4.78 is 5.85. The van der Waals surface area contributed by atoms with Crippen LogP contribution >= 0.6 is 0 Å². The van der Waals surface area contributed by atoms with Gasteiger partial charge in [-0.2, -0.15) is 0 Å². The number of rotatable bonds is 1. The summed E-state index contributed by atoms with van der Waals surface area (Å²) in [7, 11) is 0. The standard InChI is InChI=1S/C14H20N2O/c15-12-4-5-14-11(8-12)9-13(10-17-14)16-6-2-1-3-7-16/h4-5,8,13H,1-3,6-7,9-10,15H2. The van der Waals surface area contributed by atoms with E-state index in [1.807, 2.05) is 12.1 Å². The Morgan fingerprint density at radius 3 is 2.82 bits per heavy atom. The van der Waals surface area contributed by atoms with Gasteiger partial charge in [-0.1, -0.05) is 6.42 Å². The van der Waals surface area contributed by atoms with Gasteiger partial charge in [0, 0.05) is 11.7 Å². The van der Waals surface area contributed by atoms with Gasteiger partial charge in [-0.05, 0) is 56.1 Å². The van der Waals surface area contributed by atoms with Gasteiger partial charge in [0.2, 0.25) is 0 Å². The zero-order valence-corrected chi connectivity index (χ0v) is 10.2. The Kier molecular flexibility index (Phi) is 2.93. The highest BCUT2D eigenvalue weighted by Gasteiger charge is 2.26. The summed E-state index contributed by atoms with van der Waals surface area (Å²) in [5.41, 5.74) is 7.95. The second-order valence-electron chi connectivity index (χ2n) is 5.13. The fourth-order valence-electron chi connectivity index (χ4n) is 2.92. The molecule has 2 heterocycles. The fourth-order valence-corrected chi connectivity index (χ4v) is 2.92. The third-order valence-corrected chi connectivity index (χ3v) is 3.88. The molecule has 0 aliphatic carbocycles. The third-order valence-electron chi connectivity index (χ3n) is 3.88. The lowest BCUT2D eigenvalue weighted by atomic mass is 9.99. The Bertz CT molecular complexity index is 399. The second kappa shape index (κ2) is 4.57. The van der Waals surface area contributed by atoms with Crippen LogP contribution in [0.2, 0.25) is 0 Å². The monoisotopic (exact) mass is 232 g/mol. The van der Waals surface area contributed by atoms with E-state index in [0.717, 1.165) is 24.5 Å². The summed E-state index contributed by atoms with van der Waals surface area (Å²) >= 11 is 0. The Balaban J connectivity index is 1.75. The van der Waals surface area contributed by atoms with E-state index in [0.29, 0.717) is 6.04 Å². The van der Waals surface area contributed by atoms with Crippen LogP contribution in [-0.4, -0.2) is 30.6 Å². The molecular formula is C14H20N2O. The number of ether oxygens (including phenoxy) is 1. The summed E-state index contributed by atoms with van der Waals surface area (Å²) in [4.78, 5) is 2.58. The van der Waals surface area contributed by atoms with Crippen LogP contribution in [0.15, 0.2) is 18.2 Å². The van der Waals surface area contributed by atoms with Crippen LogP contribution < -0.4 is 10.5 Å². The quantitative estimate of drug-likeness (QED) is 0.753. The van der Waals surface area contributed by atoms with Crippen molar-refractivity contribution in [3.63, 3.8) is 0 Å². The number of likely N-dealkylation sites (tertiary alicyclic amines) is 1. The molecule has 3 nitrogen and oxygen atoms in total. The Morgan fingerprint density at radius 1 is 1.18 bits per heavy atom. The number of nitrogen functional groups attached to an aromatic ring is 1. The van der Waals surface area contributed by atoms with Crippen LogP contribution in [0.3, 0.4) is 0 Å². The van der Waals surface area contributed by atoms with E-state index in [2.05, 4.69) is 11.0 Å². The van der Waals surface area contributed by atoms with Crippen LogP contribution in [0.4, 0.5) is 5.69 Å². The molecule has 1 atom stereocenters. The van der Waals surface area contributed by atoms with Gasteiger partial charge >= 0.3 is 0 Å². The summed E-state index contributed by atoms with van der Waals surface area (Å²) in [5.74, 6) is 1.02. The lowest BCUT2D eigenvalue weighted by Gasteiger charge is -2.37. The molecule has 0 amide bonds. The van der Waals surface area contributed by atoms with Gasteiger partial charge in [0.15, 0.2) is 0 Å². The average molecular weight is 232 g/mol. The topological polar surface area (TPSA) is 38.5 Å². The first-order chi connectivity index (χ1) is 8.33. The lowest BCUT2D eigenvalue weighted by Crippen LogP contribution is -2.45. The Labute approximate surface area is 103 Å². The first-order valence-electron chi connectivity index (χ1n) is 6.58. The van der Waals surface area contributed by atoms with Crippen LogP contribution in [-0.2, 0) is 6.42 Å². The number of hydrogen-bond acceptors (Lipinski definition) is 3. The molecule has 1 aromatic rings. The summed E-state index contributed by atoms with van der Waals surface area (Å²) in [6.45, 7) is 3.29. The first kappa shape index (κ1) is 10.9. The van der Waals surface area contributed by atoms with Crippen molar-refractivity contribution in [1.82, 2.24) is 4.90 Å². The summed E-state index contributed by atoms with van der Waals surface area (Å²) in [5, 5.41) is 0. The molecule has 1 fully saturated rings. The second-order valence-corrected chi connectivity index (χ2v) is 5.13. The highest BCUT2D eigenvalue weighted by molar-refractivity contribution is 5.48. The van der Waals surface area contributed by atoms with Gasteiger partial charge in [-0.25, -0.2) is 0 Å². The number of anilines is 1. The zero-order chi connectivity index (χ0) is 11.7. The van der Waals surface area contributed by atoms with Crippen molar-refractivity contribution in [1.29, 1.82) is 0 Å². The van der Waals surface area contributed by atoms with Gasteiger partial charge in [-0.3, -0.25) is 4.90 Å². The maximum Gasteiger partial charge on any atom is 0.122 e. The molecule has 1 aromatic carbocycles. The molecule has 0 spiro atoms. The van der Waals surface area contributed by atoms with Gasteiger partial charge in [0.05, 0.1) is 0 Å². The molecule has 3 heteroatoms. The molecule has 0 radical (unpaired) electrons. The van der Waals surface area contributed by atoms with Crippen molar-refractivity contribution in [3.8, 4) is 5.75 Å². The van der Waals surface area contributed by atoms with Crippen molar-refractivity contribution in [2.45, 2.75) is 31.7 Å². The third kappa shape index (κ3) is 2.25. The van der Waals surface area contributed by atoms with E-state index >= 15 is 0 Å². The number of hydrogen-bond donors (Lipinski definition) is 1. The smallest absolute Gasteiger partial charge is 0.122 e. The van der Waals surface area contributed by atoms with E-state index in [9.17, 15) is 0 Å². The molecule has 0 bridgehead atoms. The number of nitrogens with two attached hydrogens (primary N) is 1. The van der Waals surface area contributed by atoms with Crippen LogP contribution in [0, 0.1) is 0 Å². The van der Waals surface area contributed by atoms with Gasteiger partial charge < -0.3 is 10.5 Å². The van der Waals surface area contributed by atoms with Gasteiger partial charge in [-0.15, -0.1) is 0 Å². The van der Waals surface area contributed by atoms with E-state index in [4.69, 9.17) is 10.5 Å². The van der Waals surface area contributed by atoms with Crippen molar-refractivity contribution in [2.24, 2.45) is 0 Å². The fraction of sp³-hybridized carbons (Fsp3) is 0.571. The average Bonchev–Trinajstić information content (AvgIpc) is 2.39. The Hall–Kier alpha value is -1.22. The summed E-state index contributed by atoms with van der Waals surface area (Å²) in [6, 6.07) is 6.52. The van der Waals surface area contributed by atoms with Crippen molar-refractivity contribution >= 4 is 5.69 Å². The predicted octanol–water partition coefficient (Wildman–Crippen LogP) is 2.06. The highest BCUT2D eigenvalue weighted by Crippen LogP contribution is 2.29. The van der Waals surface area contributed by atoms with Gasteiger partial charge in [0.1, 0.15) is 12.4 Å². The maximum absolute atomic E-state index is 5.85. The van der Waals surface area contributed by atoms with E-state index in [-0.39, 0.29) is 0 Å². The minimum Gasteiger partial charge on any atom is -0.492 e. The molecule has 2 N–H and O–H groups in total. The zero-order valence-electron chi connectivity index (χ0n) is 10.2. The summed E-state index contributed by atoms with van der Waals surface area (Å²) in [6.07, 6.45) is 5.13. The lowest BCUT2D eigenvalue weighted by molar-refractivity contribution is 0.101. The molecule has 1 unspecified atom stereocenters.